The highest BCUT2D eigenvalue weighted by molar-refractivity contribution is 6.30. The molecule has 0 spiro atoms. The number of morpholine rings is 1. The van der Waals surface area contributed by atoms with Crippen molar-refractivity contribution in [2.75, 3.05) is 43.1 Å². The first-order valence-corrected chi connectivity index (χ1v) is 8.30. The molecule has 1 aliphatic rings. The van der Waals surface area contributed by atoms with E-state index in [2.05, 4.69) is 10.2 Å². The van der Waals surface area contributed by atoms with Gasteiger partial charge in [0.15, 0.2) is 6.61 Å². The standard InChI is InChI=1S/C18H18ClFN2O3/c19-13-1-4-15(5-2-13)25-12-18(23)21-16-11-14(20)3-6-17(16)22-7-9-24-10-8-22/h1-6,11H,7-10,12H2,(H,21,23). The number of amides is 1. The zero-order valence-corrected chi connectivity index (χ0v) is 14.3. The number of carbonyl (C=O) groups is 1. The Labute approximate surface area is 150 Å². The largest absolute Gasteiger partial charge is 0.484 e. The molecule has 25 heavy (non-hydrogen) atoms. The molecular weight excluding hydrogens is 347 g/mol. The molecular formula is C18H18ClFN2O3. The molecule has 3 rings (SSSR count). The fourth-order valence-electron chi connectivity index (χ4n) is 2.55. The molecule has 0 saturated carbocycles. The lowest BCUT2D eigenvalue weighted by Gasteiger charge is -2.30. The average Bonchev–Trinajstić information content (AvgIpc) is 2.62. The first-order chi connectivity index (χ1) is 12.1. The van der Waals surface area contributed by atoms with E-state index in [0.29, 0.717) is 42.8 Å². The van der Waals surface area contributed by atoms with E-state index in [1.54, 1.807) is 30.3 Å². The molecule has 2 aromatic rings. The van der Waals surface area contributed by atoms with Crippen LogP contribution in [-0.2, 0) is 9.53 Å². The third kappa shape index (κ3) is 4.84. The first kappa shape index (κ1) is 17.5. The first-order valence-electron chi connectivity index (χ1n) is 7.92. The van der Waals surface area contributed by atoms with Crippen LogP contribution in [0.3, 0.4) is 0 Å². The highest BCUT2D eigenvalue weighted by Crippen LogP contribution is 2.27. The van der Waals surface area contributed by atoms with Crippen LogP contribution in [0, 0.1) is 5.82 Å². The summed E-state index contributed by atoms with van der Waals surface area (Å²) in [6.45, 7) is 2.40. The van der Waals surface area contributed by atoms with Crippen molar-refractivity contribution in [3.8, 4) is 5.75 Å². The molecule has 1 saturated heterocycles. The Bertz CT molecular complexity index is 734. The van der Waals surface area contributed by atoms with Crippen molar-refractivity contribution in [3.05, 3.63) is 53.3 Å². The number of carbonyl (C=O) groups excluding carboxylic acids is 1. The second-order valence-electron chi connectivity index (χ2n) is 5.55. The maximum absolute atomic E-state index is 13.6. The Morgan fingerprint density at radius 2 is 1.92 bits per heavy atom. The van der Waals surface area contributed by atoms with E-state index in [4.69, 9.17) is 21.1 Å². The Hall–Kier alpha value is -2.31. The Morgan fingerprint density at radius 1 is 1.20 bits per heavy atom. The summed E-state index contributed by atoms with van der Waals surface area (Å²) >= 11 is 5.80. The number of hydrogen-bond acceptors (Lipinski definition) is 4. The van der Waals surface area contributed by atoms with Crippen molar-refractivity contribution in [3.63, 3.8) is 0 Å². The Kier molecular flexibility index (Phi) is 5.73. The molecule has 0 unspecified atom stereocenters. The van der Waals surface area contributed by atoms with Gasteiger partial charge in [0, 0.05) is 18.1 Å². The molecule has 1 N–H and O–H groups in total. The molecule has 0 radical (unpaired) electrons. The summed E-state index contributed by atoms with van der Waals surface area (Å²) in [6, 6.07) is 11.1. The van der Waals surface area contributed by atoms with Crippen LogP contribution in [0.15, 0.2) is 42.5 Å². The van der Waals surface area contributed by atoms with Gasteiger partial charge in [0.05, 0.1) is 24.6 Å². The van der Waals surface area contributed by atoms with Crippen molar-refractivity contribution in [1.29, 1.82) is 0 Å². The lowest BCUT2D eigenvalue weighted by Crippen LogP contribution is -2.37. The minimum absolute atomic E-state index is 0.180. The molecule has 0 bridgehead atoms. The molecule has 5 nitrogen and oxygen atoms in total. The van der Waals surface area contributed by atoms with Crippen LogP contribution in [0.25, 0.3) is 0 Å². The lowest BCUT2D eigenvalue weighted by molar-refractivity contribution is -0.118. The topological polar surface area (TPSA) is 50.8 Å². The zero-order valence-electron chi connectivity index (χ0n) is 13.5. The number of ether oxygens (including phenoxy) is 2. The van der Waals surface area contributed by atoms with Crippen LogP contribution in [0.4, 0.5) is 15.8 Å². The maximum atomic E-state index is 13.6. The molecule has 2 aromatic carbocycles. The van der Waals surface area contributed by atoms with Crippen LogP contribution >= 0.6 is 11.6 Å². The zero-order chi connectivity index (χ0) is 17.6. The van der Waals surface area contributed by atoms with Crippen LogP contribution < -0.4 is 15.0 Å². The number of halogens is 2. The van der Waals surface area contributed by atoms with E-state index in [1.807, 2.05) is 0 Å². The van der Waals surface area contributed by atoms with Gasteiger partial charge in [-0.1, -0.05) is 11.6 Å². The summed E-state index contributed by atoms with van der Waals surface area (Å²) in [5, 5.41) is 3.31. The smallest absolute Gasteiger partial charge is 0.262 e. The summed E-state index contributed by atoms with van der Waals surface area (Å²) in [5.74, 6) is -0.242. The van der Waals surface area contributed by atoms with Gasteiger partial charge in [-0.3, -0.25) is 4.79 Å². The number of nitrogens with zero attached hydrogens (tertiary/aromatic N) is 1. The number of rotatable bonds is 5. The van der Waals surface area contributed by atoms with E-state index in [-0.39, 0.29) is 12.5 Å². The normalized spacial score (nSPS) is 14.2. The van der Waals surface area contributed by atoms with Gasteiger partial charge in [-0.15, -0.1) is 0 Å². The second-order valence-corrected chi connectivity index (χ2v) is 5.99. The third-order valence-electron chi connectivity index (χ3n) is 3.77. The van der Waals surface area contributed by atoms with E-state index in [1.165, 1.54) is 12.1 Å². The SMILES string of the molecule is O=C(COc1ccc(Cl)cc1)Nc1cc(F)ccc1N1CCOCC1. The van der Waals surface area contributed by atoms with Crippen molar-refractivity contribution in [2.45, 2.75) is 0 Å². The van der Waals surface area contributed by atoms with E-state index >= 15 is 0 Å². The van der Waals surface area contributed by atoms with Gasteiger partial charge in [0.1, 0.15) is 11.6 Å². The summed E-state index contributed by atoms with van der Waals surface area (Å²) in [4.78, 5) is 14.2. The van der Waals surface area contributed by atoms with Crippen molar-refractivity contribution < 1.29 is 18.7 Å². The summed E-state index contributed by atoms with van der Waals surface area (Å²) in [5.41, 5.74) is 1.19. The van der Waals surface area contributed by atoms with Crippen molar-refractivity contribution >= 4 is 28.9 Å². The molecule has 1 amide bonds. The molecule has 0 aliphatic carbocycles. The minimum Gasteiger partial charge on any atom is -0.484 e. The van der Waals surface area contributed by atoms with Gasteiger partial charge in [0.25, 0.3) is 5.91 Å². The molecule has 132 valence electrons. The molecule has 0 aromatic heterocycles. The van der Waals surface area contributed by atoms with Gasteiger partial charge < -0.3 is 19.7 Å². The number of anilines is 2. The highest BCUT2D eigenvalue weighted by Gasteiger charge is 2.17. The van der Waals surface area contributed by atoms with E-state index < -0.39 is 5.82 Å². The predicted octanol–water partition coefficient (Wildman–Crippen LogP) is 3.33. The Balaban J connectivity index is 1.65. The number of hydrogen-bond donors (Lipinski definition) is 1. The lowest BCUT2D eigenvalue weighted by atomic mass is 10.2. The van der Waals surface area contributed by atoms with E-state index in [0.717, 1.165) is 5.69 Å². The highest BCUT2D eigenvalue weighted by atomic mass is 35.5. The maximum Gasteiger partial charge on any atom is 0.262 e. The molecule has 1 aliphatic heterocycles. The predicted molar refractivity (Wildman–Crippen MR) is 95.0 cm³/mol. The van der Waals surface area contributed by atoms with Crippen LogP contribution in [0.5, 0.6) is 5.75 Å². The van der Waals surface area contributed by atoms with Crippen LogP contribution in [0.2, 0.25) is 5.02 Å². The summed E-state index contributed by atoms with van der Waals surface area (Å²) in [6.07, 6.45) is 0. The quantitative estimate of drug-likeness (QED) is 0.884. The van der Waals surface area contributed by atoms with Gasteiger partial charge in [0.2, 0.25) is 0 Å². The van der Waals surface area contributed by atoms with Crippen LogP contribution in [0.1, 0.15) is 0 Å². The van der Waals surface area contributed by atoms with Crippen LogP contribution in [-0.4, -0.2) is 38.8 Å². The van der Waals surface area contributed by atoms with E-state index in [9.17, 15) is 9.18 Å². The molecule has 1 fully saturated rings. The number of benzene rings is 2. The second kappa shape index (κ2) is 8.18. The van der Waals surface area contributed by atoms with Crippen molar-refractivity contribution in [1.82, 2.24) is 0 Å². The summed E-state index contributed by atoms with van der Waals surface area (Å²) < 4.78 is 24.4. The fraction of sp³-hybridized carbons (Fsp3) is 0.278. The molecule has 1 heterocycles. The van der Waals surface area contributed by atoms with Gasteiger partial charge in [-0.05, 0) is 42.5 Å². The fourth-order valence-corrected chi connectivity index (χ4v) is 2.68. The summed E-state index contributed by atoms with van der Waals surface area (Å²) in [7, 11) is 0. The van der Waals surface area contributed by atoms with Gasteiger partial charge in [-0.25, -0.2) is 4.39 Å². The van der Waals surface area contributed by atoms with Gasteiger partial charge >= 0.3 is 0 Å². The minimum atomic E-state index is -0.411. The monoisotopic (exact) mass is 364 g/mol. The Morgan fingerprint density at radius 3 is 2.64 bits per heavy atom. The average molecular weight is 365 g/mol. The third-order valence-corrected chi connectivity index (χ3v) is 4.02. The number of nitrogens with one attached hydrogen (secondary N) is 1. The molecule has 7 heteroatoms. The van der Waals surface area contributed by atoms with Crippen molar-refractivity contribution in [2.24, 2.45) is 0 Å². The molecule has 0 atom stereocenters. The van der Waals surface area contributed by atoms with Gasteiger partial charge in [-0.2, -0.15) is 0 Å².